The summed E-state index contributed by atoms with van der Waals surface area (Å²) in [6.07, 6.45) is 3.76. The van der Waals surface area contributed by atoms with E-state index in [1.807, 2.05) is 0 Å². The van der Waals surface area contributed by atoms with E-state index in [0.717, 1.165) is 36.8 Å². The highest BCUT2D eigenvalue weighted by Crippen LogP contribution is 2.63. The number of para-hydroxylation sites is 1. The van der Waals surface area contributed by atoms with Gasteiger partial charge in [0.2, 0.25) is 0 Å². The normalized spacial score (nSPS) is 26.1. The lowest BCUT2D eigenvalue weighted by Crippen LogP contribution is -2.57. The molecule has 2 aliphatic rings. The first-order chi connectivity index (χ1) is 14.6. The molecular formula is C28H31NO. The quantitative estimate of drug-likeness (QED) is 0.511. The van der Waals surface area contributed by atoms with Crippen LogP contribution >= 0.6 is 0 Å². The Hall–Kier alpha value is -2.58. The average molecular weight is 398 g/mol. The monoisotopic (exact) mass is 397 g/mol. The van der Waals surface area contributed by atoms with Gasteiger partial charge in [0, 0.05) is 11.6 Å². The second-order valence-electron chi connectivity index (χ2n) is 8.94. The number of hydrogen-bond donors (Lipinski definition) is 2. The topological polar surface area (TPSA) is 32.3 Å². The van der Waals surface area contributed by atoms with Crippen LogP contribution in [0.4, 0.5) is 5.69 Å². The highest BCUT2D eigenvalue weighted by atomic mass is 16.3. The first kappa shape index (κ1) is 19.4. The molecule has 5 rings (SSSR count). The summed E-state index contributed by atoms with van der Waals surface area (Å²) in [5, 5.41) is 16.7. The number of hydrogen-bond acceptors (Lipinski definition) is 2. The molecule has 2 heteroatoms. The van der Waals surface area contributed by atoms with E-state index >= 15 is 0 Å². The summed E-state index contributed by atoms with van der Waals surface area (Å²) in [4.78, 5) is 0. The van der Waals surface area contributed by atoms with Crippen molar-refractivity contribution < 1.29 is 5.11 Å². The minimum absolute atomic E-state index is 0.148. The molecule has 0 saturated heterocycles. The molecule has 3 aromatic rings. The fourth-order valence-electron chi connectivity index (χ4n) is 6.07. The van der Waals surface area contributed by atoms with E-state index in [0.29, 0.717) is 0 Å². The first-order valence-electron chi connectivity index (χ1n) is 11.4. The highest BCUT2D eigenvalue weighted by molar-refractivity contribution is 5.81. The molecule has 1 aliphatic heterocycles. The van der Waals surface area contributed by atoms with Crippen LogP contribution in [0.2, 0.25) is 0 Å². The fraction of sp³-hybridized carbons (Fsp3) is 0.357. The van der Waals surface area contributed by atoms with Crippen LogP contribution in [0, 0.1) is 0 Å². The Bertz CT molecular complexity index is 1100. The average Bonchev–Trinajstić information content (AvgIpc) is 3.10. The Kier molecular flexibility index (Phi) is 4.52. The van der Waals surface area contributed by atoms with Crippen LogP contribution in [0.3, 0.4) is 0 Å². The van der Waals surface area contributed by atoms with E-state index in [1.165, 1.54) is 27.9 Å². The predicted octanol–water partition coefficient (Wildman–Crippen LogP) is 6.73. The summed E-state index contributed by atoms with van der Waals surface area (Å²) in [6.45, 7) is 6.70. The molecule has 1 aliphatic carbocycles. The molecule has 2 N–H and O–H groups in total. The van der Waals surface area contributed by atoms with Crippen LogP contribution < -0.4 is 5.32 Å². The number of nitrogens with one attached hydrogen (secondary N) is 1. The maximum absolute atomic E-state index is 12.7. The van der Waals surface area contributed by atoms with E-state index in [2.05, 4.69) is 92.8 Å². The Morgan fingerprint density at radius 2 is 1.53 bits per heavy atom. The standard InChI is InChI=1S/C28H31NO/c1-4-6-18-27(30)24-16-9-7-13-22(24)23-14-8-10-17-25(23)28(27)19(3)21-15-11-12-20(5-2)26(21)29-28/h7-17,19,29-30H,4-6,18H2,1-3H3/t19-,27-,28-/m0/s1. The van der Waals surface area contributed by atoms with Gasteiger partial charge in [-0.05, 0) is 46.2 Å². The van der Waals surface area contributed by atoms with Gasteiger partial charge in [-0.25, -0.2) is 0 Å². The number of benzene rings is 3. The summed E-state index contributed by atoms with van der Waals surface area (Å²) < 4.78 is 0. The molecule has 0 saturated carbocycles. The van der Waals surface area contributed by atoms with E-state index in [-0.39, 0.29) is 5.92 Å². The predicted molar refractivity (Wildman–Crippen MR) is 125 cm³/mol. The molecule has 3 atom stereocenters. The molecule has 3 aromatic carbocycles. The van der Waals surface area contributed by atoms with Crippen molar-refractivity contribution in [2.75, 3.05) is 5.32 Å². The van der Waals surface area contributed by atoms with Gasteiger partial charge in [0.1, 0.15) is 11.1 Å². The van der Waals surface area contributed by atoms with Gasteiger partial charge in [0.05, 0.1) is 0 Å². The van der Waals surface area contributed by atoms with E-state index in [4.69, 9.17) is 0 Å². The number of fused-ring (bicyclic) bond motifs is 5. The van der Waals surface area contributed by atoms with Crippen molar-refractivity contribution in [1.82, 2.24) is 0 Å². The van der Waals surface area contributed by atoms with Crippen LogP contribution in [0.5, 0.6) is 0 Å². The van der Waals surface area contributed by atoms with Gasteiger partial charge in [-0.15, -0.1) is 0 Å². The smallest absolute Gasteiger partial charge is 0.118 e. The third kappa shape index (κ3) is 2.34. The first-order valence-corrected chi connectivity index (χ1v) is 11.4. The molecule has 30 heavy (non-hydrogen) atoms. The second-order valence-corrected chi connectivity index (χ2v) is 8.94. The van der Waals surface area contributed by atoms with Crippen molar-refractivity contribution in [3.63, 3.8) is 0 Å². The molecule has 0 unspecified atom stereocenters. The van der Waals surface area contributed by atoms with Crippen molar-refractivity contribution in [2.24, 2.45) is 0 Å². The van der Waals surface area contributed by atoms with Gasteiger partial charge in [0.25, 0.3) is 0 Å². The Balaban J connectivity index is 1.84. The van der Waals surface area contributed by atoms with Crippen LogP contribution in [-0.4, -0.2) is 5.11 Å². The maximum Gasteiger partial charge on any atom is 0.118 e. The third-order valence-corrected chi connectivity index (χ3v) is 7.56. The zero-order valence-corrected chi connectivity index (χ0v) is 18.2. The fourth-order valence-corrected chi connectivity index (χ4v) is 6.07. The van der Waals surface area contributed by atoms with Crippen molar-refractivity contribution in [3.05, 3.63) is 89.0 Å². The van der Waals surface area contributed by atoms with Gasteiger partial charge >= 0.3 is 0 Å². The highest BCUT2D eigenvalue weighted by Gasteiger charge is 2.62. The minimum Gasteiger partial charge on any atom is -0.382 e. The molecule has 0 bridgehead atoms. The third-order valence-electron chi connectivity index (χ3n) is 7.56. The second kappa shape index (κ2) is 6.99. The summed E-state index contributed by atoms with van der Waals surface area (Å²) in [7, 11) is 0. The van der Waals surface area contributed by atoms with Gasteiger partial charge in [-0.3, -0.25) is 0 Å². The van der Waals surface area contributed by atoms with Gasteiger partial charge < -0.3 is 10.4 Å². The summed E-state index contributed by atoms with van der Waals surface area (Å²) >= 11 is 0. The molecule has 0 aromatic heterocycles. The van der Waals surface area contributed by atoms with Gasteiger partial charge in [-0.2, -0.15) is 0 Å². The zero-order valence-electron chi connectivity index (χ0n) is 18.2. The molecule has 0 fully saturated rings. The summed E-state index contributed by atoms with van der Waals surface area (Å²) in [5.41, 5.74) is 6.96. The van der Waals surface area contributed by atoms with Crippen molar-refractivity contribution >= 4 is 5.69 Å². The van der Waals surface area contributed by atoms with Gasteiger partial charge in [0.15, 0.2) is 0 Å². The van der Waals surface area contributed by atoms with Gasteiger partial charge in [-0.1, -0.05) is 100 Å². The molecule has 0 amide bonds. The zero-order chi connectivity index (χ0) is 20.9. The molecule has 154 valence electrons. The Morgan fingerprint density at radius 3 is 2.23 bits per heavy atom. The lowest BCUT2D eigenvalue weighted by molar-refractivity contribution is -0.0523. The molecule has 1 spiro atoms. The molecule has 2 nitrogen and oxygen atoms in total. The van der Waals surface area contributed by atoms with Crippen molar-refractivity contribution in [1.29, 1.82) is 0 Å². The summed E-state index contributed by atoms with van der Waals surface area (Å²) in [6, 6.07) is 23.8. The van der Waals surface area contributed by atoms with E-state index in [1.54, 1.807) is 0 Å². The van der Waals surface area contributed by atoms with E-state index in [9.17, 15) is 5.11 Å². The van der Waals surface area contributed by atoms with Crippen LogP contribution in [0.25, 0.3) is 11.1 Å². The lowest BCUT2D eigenvalue weighted by Gasteiger charge is -2.53. The number of unbranched alkanes of at least 4 members (excludes halogenated alkanes) is 1. The number of anilines is 1. The van der Waals surface area contributed by atoms with Crippen LogP contribution in [0.15, 0.2) is 66.7 Å². The molecule has 1 heterocycles. The largest absolute Gasteiger partial charge is 0.382 e. The van der Waals surface area contributed by atoms with Crippen LogP contribution in [0.1, 0.15) is 68.2 Å². The minimum atomic E-state index is -0.989. The molecule has 0 radical (unpaired) electrons. The number of aryl methyl sites for hydroxylation is 1. The molecular weight excluding hydrogens is 366 g/mol. The van der Waals surface area contributed by atoms with Crippen molar-refractivity contribution in [2.45, 2.75) is 63.5 Å². The van der Waals surface area contributed by atoms with Crippen LogP contribution in [-0.2, 0) is 17.6 Å². The van der Waals surface area contributed by atoms with E-state index < -0.39 is 11.1 Å². The number of aliphatic hydroxyl groups is 1. The Labute approximate surface area is 180 Å². The lowest BCUT2D eigenvalue weighted by atomic mass is 9.57. The maximum atomic E-state index is 12.7. The number of rotatable bonds is 4. The summed E-state index contributed by atoms with van der Waals surface area (Å²) in [5.74, 6) is 0.148. The SMILES string of the molecule is CCCC[C@]1(O)c2ccccc2-c2ccccc2[C@]12Nc1c(CC)cccc1[C@@H]2C. The van der Waals surface area contributed by atoms with Crippen molar-refractivity contribution in [3.8, 4) is 11.1 Å². The Morgan fingerprint density at radius 1 is 0.867 bits per heavy atom.